The number of hydrogen-bond acceptors (Lipinski definition) is 4. The Balaban J connectivity index is 2.19. The first kappa shape index (κ1) is 10.9. The van der Waals surface area contributed by atoms with E-state index < -0.39 is 5.91 Å². The van der Waals surface area contributed by atoms with E-state index in [0.717, 1.165) is 31.7 Å². The number of piperidine rings is 1. The van der Waals surface area contributed by atoms with Crippen LogP contribution in [0.4, 0.5) is 5.82 Å². The molecule has 5 heteroatoms. The Morgan fingerprint density at radius 1 is 1.50 bits per heavy atom. The fraction of sp³-hybridized carbons (Fsp3) is 0.455. The molecule has 0 radical (unpaired) electrons. The second-order valence-corrected chi connectivity index (χ2v) is 4.09. The van der Waals surface area contributed by atoms with E-state index in [4.69, 9.17) is 11.5 Å². The van der Waals surface area contributed by atoms with Crippen LogP contribution in [0, 0.1) is 0 Å². The van der Waals surface area contributed by atoms with Crippen LogP contribution < -0.4 is 16.4 Å². The predicted molar refractivity (Wildman–Crippen MR) is 62.2 cm³/mol. The number of aromatic nitrogens is 1. The molecule has 1 amide bonds. The maximum absolute atomic E-state index is 11.0. The summed E-state index contributed by atoms with van der Waals surface area (Å²) in [6, 6.07) is 5.48. The zero-order valence-electron chi connectivity index (χ0n) is 9.10. The monoisotopic (exact) mass is 220 g/mol. The smallest absolute Gasteiger partial charge is 0.267 e. The molecule has 0 aliphatic carbocycles. The molecule has 5 nitrogen and oxygen atoms in total. The minimum Gasteiger partial charge on any atom is -0.364 e. The van der Waals surface area contributed by atoms with Gasteiger partial charge in [-0.25, -0.2) is 4.98 Å². The molecule has 1 aromatic rings. The van der Waals surface area contributed by atoms with Crippen LogP contribution in [0.2, 0.25) is 0 Å². The Morgan fingerprint density at radius 2 is 2.31 bits per heavy atom. The molecule has 0 spiro atoms. The molecule has 2 heterocycles. The lowest BCUT2D eigenvalue weighted by Crippen LogP contribution is -2.43. The van der Waals surface area contributed by atoms with E-state index in [1.165, 1.54) is 0 Å². The van der Waals surface area contributed by atoms with Crippen molar-refractivity contribution in [3.8, 4) is 0 Å². The van der Waals surface area contributed by atoms with Crippen molar-refractivity contribution in [2.75, 3.05) is 18.0 Å². The Labute approximate surface area is 94.4 Å². The molecule has 0 unspecified atom stereocenters. The summed E-state index contributed by atoms with van der Waals surface area (Å²) in [5.74, 6) is 0.287. The highest BCUT2D eigenvalue weighted by atomic mass is 16.1. The number of anilines is 1. The van der Waals surface area contributed by atoms with E-state index in [9.17, 15) is 4.79 Å². The van der Waals surface area contributed by atoms with Gasteiger partial charge in [-0.3, -0.25) is 4.79 Å². The first-order valence-electron chi connectivity index (χ1n) is 5.44. The number of primary amides is 1. The molecule has 0 aromatic carbocycles. The van der Waals surface area contributed by atoms with Gasteiger partial charge in [0, 0.05) is 19.1 Å². The first-order valence-corrected chi connectivity index (χ1v) is 5.44. The Hall–Kier alpha value is -1.62. The number of hydrogen-bond donors (Lipinski definition) is 2. The van der Waals surface area contributed by atoms with E-state index in [2.05, 4.69) is 9.88 Å². The molecule has 1 aliphatic heterocycles. The molecule has 1 saturated heterocycles. The Morgan fingerprint density at radius 3 is 3.00 bits per heavy atom. The van der Waals surface area contributed by atoms with Gasteiger partial charge < -0.3 is 16.4 Å². The minimum atomic E-state index is -0.497. The van der Waals surface area contributed by atoms with Crippen LogP contribution in [0.25, 0.3) is 0 Å². The van der Waals surface area contributed by atoms with Crippen molar-refractivity contribution in [3.05, 3.63) is 23.9 Å². The van der Waals surface area contributed by atoms with Gasteiger partial charge in [0.25, 0.3) is 5.91 Å². The maximum atomic E-state index is 11.0. The third kappa shape index (κ3) is 2.30. The maximum Gasteiger partial charge on any atom is 0.267 e. The number of nitrogens with two attached hydrogens (primary N) is 2. The van der Waals surface area contributed by atoms with Crippen molar-refractivity contribution in [1.82, 2.24) is 4.98 Å². The molecule has 4 N–H and O–H groups in total. The number of carbonyl (C=O) groups is 1. The molecule has 86 valence electrons. The Kier molecular flexibility index (Phi) is 3.05. The van der Waals surface area contributed by atoms with E-state index >= 15 is 0 Å². The second-order valence-electron chi connectivity index (χ2n) is 4.09. The quantitative estimate of drug-likeness (QED) is 0.740. The van der Waals surface area contributed by atoms with Gasteiger partial charge >= 0.3 is 0 Å². The van der Waals surface area contributed by atoms with Gasteiger partial charge in [-0.2, -0.15) is 0 Å². The topological polar surface area (TPSA) is 85.2 Å². The fourth-order valence-corrected chi connectivity index (χ4v) is 1.95. The number of pyridine rings is 1. The summed E-state index contributed by atoms with van der Waals surface area (Å²) in [6.07, 6.45) is 2.11. The highest BCUT2D eigenvalue weighted by molar-refractivity contribution is 5.91. The van der Waals surface area contributed by atoms with Gasteiger partial charge in [0.1, 0.15) is 11.5 Å². The lowest BCUT2D eigenvalue weighted by atomic mass is 10.1. The minimum absolute atomic E-state index is 0.188. The number of nitrogens with zero attached hydrogens (tertiary/aromatic N) is 2. The van der Waals surface area contributed by atoms with Gasteiger partial charge in [-0.05, 0) is 25.0 Å². The summed E-state index contributed by atoms with van der Waals surface area (Å²) >= 11 is 0. The highest BCUT2D eigenvalue weighted by Crippen LogP contribution is 2.17. The molecule has 2 rings (SSSR count). The largest absolute Gasteiger partial charge is 0.364 e. The number of carbonyl (C=O) groups excluding carboxylic acids is 1. The van der Waals surface area contributed by atoms with Gasteiger partial charge in [0.15, 0.2) is 0 Å². The van der Waals surface area contributed by atoms with Crippen molar-refractivity contribution in [2.24, 2.45) is 11.5 Å². The average Bonchev–Trinajstić information content (AvgIpc) is 2.29. The molecule has 16 heavy (non-hydrogen) atoms. The molecular weight excluding hydrogens is 204 g/mol. The van der Waals surface area contributed by atoms with Crippen molar-refractivity contribution in [1.29, 1.82) is 0 Å². The van der Waals surface area contributed by atoms with Crippen LogP contribution in [0.1, 0.15) is 23.3 Å². The Bertz CT molecular complexity index is 393. The normalized spacial score (nSPS) is 20.8. The molecule has 1 atom stereocenters. The van der Waals surface area contributed by atoms with Crippen LogP contribution in [0.5, 0.6) is 0 Å². The first-order chi connectivity index (χ1) is 7.66. The van der Waals surface area contributed by atoms with Crippen LogP contribution in [-0.4, -0.2) is 30.0 Å². The third-order valence-electron chi connectivity index (χ3n) is 2.77. The summed E-state index contributed by atoms with van der Waals surface area (Å²) in [5, 5.41) is 0. The van der Waals surface area contributed by atoms with Gasteiger partial charge in [-0.15, -0.1) is 0 Å². The zero-order valence-corrected chi connectivity index (χ0v) is 9.10. The van der Waals surface area contributed by atoms with Crippen LogP contribution >= 0.6 is 0 Å². The molecular formula is C11H16N4O. The summed E-state index contributed by atoms with van der Waals surface area (Å²) < 4.78 is 0. The van der Waals surface area contributed by atoms with Gasteiger partial charge in [0.05, 0.1) is 0 Å². The number of rotatable bonds is 2. The fourth-order valence-electron chi connectivity index (χ4n) is 1.95. The molecule has 1 aliphatic rings. The molecule has 1 fully saturated rings. The van der Waals surface area contributed by atoms with E-state index in [0.29, 0.717) is 5.69 Å². The van der Waals surface area contributed by atoms with Crippen molar-refractivity contribution >= 4 is 11.7 Å². The van der Waals surface area contributed by atoms with Gasteiger partial charge in [-0.1, -0.05) is 6.07 Å². The lowest BCUT2D eigenvalue weighted by molar-refractivity contribution is 0.0995. The molecule has 0 saturated carbocycles. The summed E-state index contributed by atoms with van der Waals surface area (Å²) in [5.41, 5.74) is 11.4. The van der Waals surface area contributed by atoms with Gasteiger partial charge in [0.2, 0.25) is 0 Å². The number of amides is 1. The van der Waals surface area contributed by atoms with E-state index in [1.807, 2.05) is 6.07 Å². The standard InChI is InChI=1S/C11H16N4O/c12-8-3-2-6-15(7-8)10-5-1-4-9(14-10)11(13)16/h1,4-5,8H,2-3,6-7,12H2,(H2,13,16)/t8-/m1/s1. The molecule has 1 aromatic heterocycles. The highest BCUT2D eigenvalue weighted by Gasteiger charge is 2.18. The lowest BCUT2D eigenvalue weighted by Gasteiger charge is -2.31. The SMILES string of the molecule is NC(=O)c1cccc(N2CCC[C@@H](N)C2)n1. The molecule has 0 bridgehead atoms. The summed E-state index contributed by atoms with van der Waals surface area (Å²) in [4.78, 5) is 17.3. The van der Waals surface area contributed by atoms with Crippen molar-refractivity contribution in [3.63, 3.8) is 0 Å². The van der Waals surface area contributed by atoms with Crippen LogP contribution in [-0.2, 0) is 0 Å². The zero-order chi connectivity index (χ0) is 11.5. The van der Waals surface area contributed by atoms with E-state index in [-0.39, 0.29) is 6.04 Å². The van der Waals surface area contributed by atoms with Crippen LogP contribution in [0.15, 0.2) is 18.2 Å². The third-order valence-corrected chi connectivity index (χ3v) is 2.77. The summed E-state index contributed by atoms with van der Waals surface area (Å²) in [7, 11) is 0. The van der Waals surface area contributed by atoms with Crippen molar-refractivity contribution < 1.29 is 4.79 Å². The van der Waals surface area contributed by atoms with Crippen molar-refractivity contribution in [2.45, 2.75) is 18.9 Å². The second kappa shape index (κ2) is 4.49. The predicted octanol–water partition coefficient (Wildman–Crippen LogP) is 0.108. The van der Waals surface area contributed by atoms with E-state index in [1.54, 1.807) is 12.1 Å². The average molecular weight is 220 g/mol. The van der Waals surface area contributed by atoms with Crippen LogP contribution in [0.3, 0.4) is 0 Å². The summed E-state index contributed by atoms with van der Waals surface area (Å²) in [6.45, 7) is 1.72.